The van der Waals surface area contributed by atoms with Gasteiger partial charge in [-0.3, -0.25) is 0 Å². The molecule has 1 rings (SSSR count). The Morgan fingerprint density at radius 1 is 1.33 bits per heavy atom. The summed E-state index contributed by atoms with van der Waals surface area (Å²) in [7, 11) is 1.68. The Labute approximate surface area is 91.1 Å². The summed E-state index contributed by atoms with van der Waals surface area (Å²) in [6.07, 6.45) is 4.61. The standard InChI is InChI=1S/C11H19N3O/c1-4-10(15-3)11-13-7-9(8-14-11)6-12-5-2/h7-8,10,12H,4-6H2,1-3H3. The van der Waals surface area contributed by atoms with Crippen LogP contribution in [0.4, 0.5) is 0 Å². The molecule has 0 radical (unpaired) electrons. The highest BCUT2D eigenvalue weighted by Crippen LogP contribution is 2.14. The van der Waals surface area contributed by atoms with Crippen molar-refractivity contribution in [3.63, 3.8) is 0 Å². The van der Waals surface area contributed by atoms with E-state index in [2.05, 4.69) is 29.1 Å². The molecule has 0 saturated carbocycles. The summed E-state index contributed by atoms with van der Waals surface area (Å²) in [5.41, 5.74) is 1.10. The van der Waals surface area contributed by atoms with E-state index in [1.807, 2.05) is 12.4 Å². The van der Waals surface area contributed by atoms with Crippen LogP contribution in [0.15, 0.2) is 12.4 Å². The molecule has 0 aliphatic rings. The quantitative estimate of drug-likeness (QED) is 0.774. The van der Waals surface area contributed by atoms with E-state index in [1.165, 1.54) is 0 Å². The van der Waals surface area contributed by atoms with Gasteiger partial charge in [-0.25, -0.2) is 9.97 Å². The minimum Gasteiger partial charge on any atom is -0.373 e. The maximum absolute atomic E-state index is 5.27. The maximum atomic E-state index is 5.27. The van der Waals surface area contributed by atoms with Crippen molar-refractivity contribution in [2.24, 2.45) is 0 Å². The van der Waals surface area contributed by atoms with Gasteiger partial charge in [0.1, 0.15) is 6.10 Å². The zero-order valence-electron chi connectivity index (χ0n) is 9.66. The smallest absolute Gasteiger partial charge is 0.157 e. The molecule has 1 unspecified atom stereocenters. The van der Waals surface area contributed by atoms with Crippen LogP contribution in [0.25, 0.3) is 0 Å². The van der Waals surface area contributed by atoms with Gasteiger partial charge in [0.25, 0.3) is 0 Å². The van der Waals surface area contributed by atoms with E-state index < -0.39 is 0 Å². The van der Waals surface area contributed by atoms with E-state index in [1.54, 1.807) is 7.11 Å². The molecule has 0 aromatic carbocycles. The van der Waals surface area contributed by atoms with Crippen molar-refractivity contribution in [2.75, 3.05) is 13.7 Å². The number of nitrogens with one attached hydrogen (secondary N) is 1. The van der Waals surface area contributed by atoms with Gasteiger partial charge in [0.2, 0.25) is 0 Å². The van der Waals surface area contributed by atoms with Crippen LogP contribution < -0.4 is 5.32 Å². The molecule has 0 amide bonds. The average Bonchev–Trinajstić information content (AvgIpc) is 2.29. The summed E-state index contributed by atoms with van der Waals surface area (Å²) in [5, 5.41) is 3.23. The molecule has 0 aliphatic heterocycles. The first-order chi connectivity index (χ1) is 7.31. The lowest BCUT2D eigenvalue weighted by molar-refractivity contribution is 0.0925. The first-order valence-electron chi connectivity index (χ1n) is 5.36. The molecule has 15 heavy (non-hydrogen) atoms. The van der Waals surface area contributed by atoms with Gasteiger partial charge in [-0.2, -0.15) is 0 Å². The number of hydrogen-bond donors (Lipinski definition) is 1. The molecule has 1 atom stereocenters. The lowest BCUT2D eigenvalue weighted by Crippen LogP contribution is -2.13. The minimum atomic E-state index is 0.0122. The van der Waals surface area contributed by atoms with Crippen LogP contribution in [0.3, 0.4) is 0 Å². The highest BCUT2D eigenvalue weighted by atomic mass is 16.5. The van der Waals surface area contributed by atoms with Gasteiger partial charge in [-0.05, 0) is 13.0 Å². The molecule has 84 valence electrons. The fourth-order valence-electron chi connectivity index (χ4n) is 1.35. The zero-order chi connectivity index (χ0) is 11.1. The second-order valence-corrected chi connectivity index (χ2v) is 3.36. The number of nitrogens with zero attached hydrogens (tertiary/aromatic N) is 2. The van der Waals surface area contributed by atoms with E-state index in [4.69, 9.17) is 4.74 Å². The number of ether oxygens (including phenoxy) is 1. The Bertz CT molecular complexity index is 270. The van der Waals surface area contributed by atoms with Gasteiger partial charge < -0.3 is 10.1 Å². The van der Waals surface area contributed by atoms with Crippen molar-refractivity contribution in [3.8, 4) is 0 Å². The van der Waals surface area contributed by atoms with Crippen molar-refractivity contribution in [1.29, 1.82) is 0 Å². The van der Waals surface area contributed by atoms with Crippen LogP contribution in [0.2, 0.25) is 0 Å². The van der Waals surface area contributed by atoms with Crippen molar-refractivity contribution in [2.45, 2.75) is 32.9 Å². The molecule has 1 aromatic rings. The summed E-state index contributed by atoms with van der Waals surface area (Å²) < 4.78 is 5.27. The van der Waals surface area contributed by atoms with E-state index in [0.29, 0.717) is 0 Å². The van der Waals surface area contributed by atoms with E-state index in [0.717, 1.165) is 30.9 Å². The van der Waals surface area contributed by atoms with Crippen molar-refractivity contribution < 1.29 is 4.74 Å². The van der Waals surface area contributed by atoms with Crippen molar-refractivity contribution in [3.05, 3.63) is 23.8 Å². The third kappa shape index (κ3) is 3.57. The first-order valence-corrected chi connectivity index (χ1v) is 5.36. The minimum absolute atomic E-state index is 0.0122. The van der Waals surface area contributed by atoms with Crippen LogP contribution in [0.5, 0.6) is 0 Å². The number of methoxy groups -OCH3 is 1. The van der Waals surface area contributed by atoms with Crippen LogP contribution in [0.1, 0.15) is 37.8 Å². The number of rotatable bonds is 6. The molecule has 4 heteroatoms. The van der Waals surface area contributed by atoms with E-state index in [-0.39, 0.29) is 6.10 Å². The second kappa shape index (κ2) is 6.48. The van der Waals surface area contributed by atoms with E-state index in [9.17, 15) is 0 Å². The predicted octanol–water partition coefficient (Wildman–Crippen LogP) is 1.68. The molecule has 0 saturated heterocycles. The second-order valence-electron chi connectivity index (χ2n) is 3.36. The van der Waals surface area contributed by atoms with Gasteiger partial charge in [0, 0.05) is 31.6 Å². The van der Waals surface area contributed by atoms with Crippen molar-refractivity contribution in [1.82, 2.24) is 15.3 Å². The SMILES string of the molecule is CCNCc1cnc(C(CC)OC)nc1. The van der Waals surface area contributed by atoms with Gasteiger partial charge in [-0.1, -0.05) is 13.8 Å². The summed E-state index contributed by atoms with van der Waals surface area (Å²) in [6, 6.07) is 0. The summed E-state index contributed by atoms with van der Waals surface area (Å²) in [4.78, 5) is 8.59. The maximum Gasteiger partial charge on any atom is 0.157 e. The molecule has 0 fully saturated rings. The Morgan fingerprint density at radius 2 is 2.00 bits per heavy atom. The van der Waals surface area contributed by atoms with Gasteiger partial charge in [0.05, 0.1) is 0 Å². The third-order valence-electron chi connectivity index (χ3n) is 2.25. The fraction of sp³-hybridized carbons (Fsp3) is 0.636. The van der Waals surface area contributed by atoms with Gasteiger partial charge in [0.15, 0.2) is 5.82 Å². The Morgan fingerprint density at radius 3 is 2.47 bits per heavy atom. The summed E-state index contributed by atoms with van der Waals surface area (Å²) >= 11 is 0. The van der Waals surface area contributed by atoms with Gasteiger partial charge >= 0.3 is 0 Å². The molecule has 0 bridgehead atoms. The molecule has 0 aliphatic carbocycles. The third-order valence-corrected chi connectivity index (χ3v) is 2.25. The van der Waals surface area contributed by atoms with Crippen LogP contribution >= 0.6 is 0 Å². The van der Waals surface area contributed by atoms with E-state index >= 15 is 0 Å². The summed E-state index contributed by atoms with van der Waals surface area (Å²) in [5.74, 6) is 0.764. The Hall–Kier alpha value is -1.00. The Kier molecular flexibility index (Phi) is 5.21. The van der Waals surface area contributed by atoms with Crippen molar-refractivity contribution >= 4 is 0 Å². The lowest BCUT2D eigenvalue weighted by Gasteiger charge is -2.11. The Balaban J connectivity index is 2.62. The number of hydrogen-bond acceptors (Lipinski definition) is 4. The average molecular weight is 209 g/mol. The van der Waals surface area contributed by atoms with Crippen LogP contribution in [-0.4, -0.2) is 23.6 Å². The normalized spacial score (nSPS) is 12.7. The highest BCUT2D eigenvalue weighted by Gasteiger charge is 2.10. The molecule has 1 N–H and O–H groups in total. The molecule has 1 heterocycles. The van der Waals surface area contributed by atoms with Crippen LogP contribution in [-0.2, 0) is 11.3 Å². The topological polar surface area (TPSA) is 47.0 Å². The molecule has 0 spiro atoms. The first kappa shape index (κ1) is 12.1. The van der Waals surface area contributed by atoms with Crippen LogP contribution in [0, 0.1) is 0 Å². The lowest BCUT2D eigenvalue weighted by atomic mass is 10.2. The zero-order valence-corrected chi connectivity index (χ0v) is 9.66. The molecule has 4 nitrogen and oxygen atoms in total. The molecular formula is C11H19N3O. The monoisotopic (exact) mass is 209 g/mol. The fourth-order valence-corrected chi connectivity index (χ4v) is 1.35. The molecular weight excluding hydrogens is 190 g/mol. The predicted molar refractivity (Wildman–Crippen MR) is 59.5 cm³/mol. The van der Waals surface area contributed by atoms with Gasteiger partial charge in [-0.15, -0.1) is 0 Å². The molecule has 1 aromatic heterocycles. The summed E-state index contributed by atoms with van der Waals surface area (Å²) in [6.45, 7) is 5.91. The number of aromatic nitrogens is 2. The highest BCUT2D eigenvalue weighted by molar-refractivity contribution is 5.06. The largest absolute Gasteiger partial charge is 0.373 e.